The number of nitrogens with zero attached hydrogens (tertiary/aromatic N) is 1. The Bertz CT molecular complexity index is 632. The van der Waals surface area contributed by atoms with Gasteiger partial charge < -0.3 is 10.6 Å². The van der Waals surface area contributed by atoms with Crippen molar-refractivity contribution in [3.05, 3.63) is 59.2 Å². The van der Waals surface area contributed by atoms with Gasteiger partial charge in [-0.25, -0.2) is 0 Å². The molecule has 0 aromatic heterocycles. The lowest BCUT2D eigenvalue weighted by molar-refractivity contribution is 0.0989. The highest BCUT2D eigenvalue weighted by Crippen LogP contribution is 2.31. The van der Waals surface area contributed by atoms with E-state index < -0.39 is 0 Å². The molecule has 0 fully saturated rings. The van der Waals surface area contributed by atoms with Gasteiger partial charge in [-0.2, -0.15) is 0 Å². The Morgan fingerprint density at radius 2 is 1.89 bits per heavy atom. The molecular weight excluding hydrogens is 236 g/mol. The molecule has 1 amide bonds. The number of fused-ring (bicyclic) bond motifs is 1. The van der Waals surface area contributed by atoms with Crippen LogP contribution in [0.1, 0.15) is 21.5 Å². The van der Waals surface area contributed by atoms with Crippen molar-refractivity contribution in [2.24, 2.45) is 0 Å². The van der Waals surface area contributed by atoms with Crippen molar-refractivity contribution in [3.8, 4) is 0 Å². The van der Waals surface area contributed by atoms with E-state index in [1.54, 1.807) is 0 Å². The fourth-order valence-corrected chi connectivity index (χ4v) is 2.46. The molecule has 1 heterocycles. The summed E-state index contributed by atoms with van der Waals surface area (Å²) in [5.74, 6) is 0.0457. The Morgan fingerprint density at radius 3 is 2.63 bits per heavy atom. The second kappa shape index (κ2) is 4.43. The van der Waals surface area contributed by atoms with Crippen molar-refractivity contribution < 1.29 is 4.79 Å². The lowest BCUT2D eigenvalue weighted by Gasteiger charge is -2.17. The molecule has 0 saturated heterocycles. The first-order valence-corrected chi connectivity index (χ1v) is 6.42. The molecule has 3 rings (SSSR count). The van der Waals surface area contributed by atoms with Crippen molar-refractivity contribution in [1.29, 1.82) is 0 Å². The van der Waals surface area contributed by atoms with E-state index in [0.29, 0.717) is 5.69 Å². The highest BCUT2D eigenvalue weighted by Gasteiger charge is 2.25. The average molecular weight is 252 g/mol. The number of nitrogens with two attached hydrogens (primary N) is 1. The van der Waals surface area contributed by atoms with Crippen LogP contribution in [0.15, 0.2) is 42.5 Å². The summed E-state index contributed by atoms with van der Waals surface area (Å²) in [6.45, 7) is 2.74. The van der Waals surface area contributed by atoms with Crippen molar-refractivity contribution in [2.75, 3.05) is 17.2 Å². The van der Waals surface area contributed by atoms with Gasteiger partial charge in [0.25, 0.3) is 5.91 Å². The van der Waals surface area contributed by atoms with Crippen LogP contribution in [-0.4, -0.2) is 12.5 Å². The number of anilines is 2. The number of aryl methyl sites for hydroxylation is 1. The molecule has 2 N–H and O–H groups in total. The number of benzene rings is 2. The van der Waals surface area contributed by atoms with E-state index >= 15 is 0 Å². The van der Waals surface area contributed by atoms with Gasteiger partial charge in [0.1, 0.15) is 0 Å². The first-order chi connectivity index (χ1) is 9.15. The van der Waals surface area contributed by atoms with Gasteiger partial charge >= 0.3 is 0 Å². The minimum atomic E-state index is 0.0457. The number of carbonyl (C=O) groups is 1. The zero-order valence-corrected chi connectivity index (χ0v) is 10.9. The van der Waals surface area contributed by atoms with E-state index in [0.717, 1.165) is 29.8 Å². The normalized spacial score (nSPS) is 13.4. The maximum atomic E-state index is 12.5. The van der Waals surface area contributed by atoms with Crippen LogP contribution in [0.25, 0.3) is 0 Å². The van der Waals surface area contributed by atoms with Gasteiger partial charge in [0.2, 0.25) is 0 Å². The fraction of sp³-hybridized carbons (Fsp3) is 0.188. The van der Waals surface area contributed by atoms with Crippen LogP contribution < -0.4 is 10.6 Å². The van der Waals surface area contributed by atoms with E-state index in [-0.39, 0.29) is 5.91 Å². The number of hydrogen-bond acceptors (Lipinski definition) is 2. The van der Waals surface area contributed by atoms with Gasteiger partial charge in [-0.15, -0.1) is 0 Å². The van der Waals surface area contributed by atoms with Crippen LogP contribution in [-0.2, 0) is 6.42 Å². The molecule has 1 aliphatic heterocycles. The minimum absolute atomic E-state index is 0.0457. The first kappa shape index (κ1) is 11.8. The molecule has 3 nitrogen and oxygen atoms in total. The number of amides is 1. The summed E-state index contributed by atoms with van der Waals surface area (Å²) in [6, 6.07) is 13.5. The van der Waals surface area contributed by atoms with Crippen molar-refractivity contribution in [2.45, 2.75) is 13.3 Å². The van der Waals surface area contributed by atoms with Gasteiger partial charge in [-0.05, 0) is 43.2 Å². The molecular formula is C16H16N2O. The van der Waals surface area contributed by atoms with Gasteiger partial charge in [-0.3, -0.25) is 4.79 Å². The Balaban J connectivity index is 1.95. The SMILES string of the molecule is Cc1ccc(C(=O)N2CCc3ccc(N)cc32)cc1. The number of hydrogen-bond donors (Lipinski definition) is 1. The third-order valence-electron chi connectivity index (χ3n) is 3.55. The fourth-order valence-electron chi connectivity index (χ4n) is 2.46. The largest absolute Gasteiger partial charge is 0.399 e. The van der Waals surface area contributed by atoms with Crippen LogP contribution in [0.5, 0.6) is 0 Å². The van der Waals surface area contributed by atoms with E-state index in [1.807, 2.05) is 54.3 Å². The average Bonchev–Trinajstić information content (AvgIpc) is 2.81. The summed E-state index contributed by atoms with van der Waals surface area (Å²) in [5, 5.41) is 0. The standard InChI is InChI=1S/C16H16N2O/c1-11-2-4-13(5-3-11)16(19)18-9-8-12-6-7-14(17)10-15(12)18/h2-7,10H,8-9,17H2,1H3. The third-order valence-corrected chi connectivity index (χ3v) is 3.55. The zero-order chi connectivity index (χ0) is 13.4. The van der Waals surface area contributed by atoms with Crippen LogP contribution >= 0.6 is 0 Å². The van der Waals surface area contributed by atoms with Crippen molar-refractivity contribution in [1.82, 2.24) is 0 Å². The highest BCUT2D eigenvalue weighted by molar-refractivity contribution is 6.07. The summed E-state index contributed by atoms with van der Waals surface area (Å²) < 4.78 is 0. The molecule has 0 atom stereocenters. The van der Waals surface area contributed by atoms with Crippen molar-refractivity contribution >= 4 is 17.3 Å². The molecule has 0 spiro atoms. The maximum absolute atomic E-state index is 12.5. The summed E-state index contributed by atoms with van der Waals surface area (Å²) in [4.78, 5) is 14.3. The van der Waals surface area contributed by atoms with E-state index in [4.69, 9.17) is 5.73 Å². The Kier molecular flexibility index (Phi) is 2.75. The van der Waals surface area contributed by atoms with Crippen molar-refractivity contribution in [3.63, 3.8) is 0 Å². The zero-order valence-electron chi connectivity index (χ0n) is 10.9. The molecule has 0 unspecified atom stereocenters. The van der Waals surface area contributed by atoms with Crippen LogP contribution in [0.4, 0.5) is 11.4 Å². The van der Waals surface area contributed by atoms with Crippen LogP contribution in [0, 0.1) is 6.92 Å². The summed E-state index contributed by atoms with van der Waals surface area (Å²) in [6.07, 6.45) is 0.896. The summed E-state index contributed by atoms with van der Waals surface area (Å²) in [5.41, 5.74) is 10.5. The third kappa shape index (κ3) is 2.08. The topological polar surface area (TPSA) is 46.3 Å². The summed E-state index contributed by atoms with van der Waals surface area (Å²) in [7, 11) is 0. The molecule has 19 heavy (non-hydrogen) atoms. The maximum Gasteiger partial charge on any atom is 0.258 e. The Labute approximate surface area is 112 Å². The molecule has 96 valence electrons. The highest BCUT2D eigenvalue weighted by atomic mass is 16.2. The minimum Gasteiger partial charge on any atom is -0.399 e. The molecule has 0 bridgehead atoms. The molecule has 0 saturated carbocycles. The van der Waals surface area contributed by atoms with Crippen LogP contribution in [0.3, 0.4) is 0 Å². The molecule has 0 radical (unpaired) electrons. The molecule has 0 aliphatic carbocycles. The molecule has 2 aromatic rings. The first-order valence-electron chi connectivity index (χ1n) is 6.42. The van der Waals surface area contributed by atoms with E-state index in [1.165, 1.54) is 5.56 Å². The Morgan fingerprint density at radius 1 is 1.16 bits per heavy atom. The van der Waals surface area contributed by atoms with E-state index in [2.05, 4.69) is 0 Å². The van der Waals surface area contributed by atoms with E-state index in [9.17, 15) is 4.79 Å². The predicted octanol–water partition coefficient (Wildman–Crippen LogP) is 2.78. The lowest BCUT2D eigenvalue weighted by Crippen LogP contribution is -2.28. The smallest absolute Gasteiger partial charge is 0.258 e. The monoisotopic (exact) mass is 252 g/mol. The predicted molar refractivity (Wildman–Crippen MR) is 77.4 cm³/mol. The quantitative estimate of drug-likeness (QED) is 0.793. The molecule has 1 aliphatic rings. The summed E-state index contributed by atoms with van der Waals surface area (Å²) >= 11 is 0. The number of carbonyl (C=O) groups excluding carboxylic acids is 1. The van der Waals surface area contributed by atoms with Gasteiger partial charge in [0.15, 0.2) is 0 Å². The van der Waals surface area contributed by atoms with Crippen LogP contribution in [0.2, 0.25) is 0 Å². The van der Waals surface area contributed by atoms with Gasteiger partial charge in [-0.1, -0.05) is 23.8 Å². The lowest BCUT2D eigenvalue weighted by atomic mass is 10.1. The second-order valence-electron chi connectivity index (χ2n) is 4.96. The number of nitrogen functional groups attached to an aromatic ring is 1. The Hall–Kier alpha value is -2.29. The van der Waals surface area contributed by atoms with Gasteiger partial charge in [0, 0.05) is 23.5 Å². The second-order valence-corrected chi connectivity index (χ2v) is 4.96. The number of rotatable bonds is 1. The molecule has 3 heteroatoms. The van der Waals surface area contributed by atoms with Gasteiger partial charge in [0.05, 0.1) is 0 Å². The molecule has 2 aromatic carbocycles.